The molecule has 0 aliphatic heterocycles. The van der Waals surface area contributed by atoms with Gasteiger partial charge in [-0.3, -0.25) is 0 Å². The molecule has 0 aromatic heterocycles. The number of carbonyl (C=O) groups excluding carboxylic acids is 2. The summed E-state index contributed by atoms with van der Waals surface area (Å²) in [7, 11) is 0. The van der Waals surface area contributed by atoms with Crippen molar-refractivity contribution in [1.82, 2.24) is 0 Å². The average molecular weight is 396 g/mol. The number of benzene rings is 2. The van der Waals surface area contributed by atoms with Crippen molar-refractivity contribution in [3.05, 3.63) is 85.0 Å². The van der Waals surface area contributed by atoms with Crippen LogP contribution in [0.5, 0.6) is 11.5 Å². The first kappa shape index (κ1) is 21.8. The lowest BCUT2D eigenvalue weighted by Gasteiger charge is -2.26. The van der Waals surface area contributed by atoms with Gasteiger partial charge in [-0.05, 0) is 35.4 Å². The van der Waals surface area contributed by atoms with Gasteiger partial charge in [0.05, 0.1) is 0 Å². The molecular formula is C23H24O6. The minimum absolute atomic E-state index is 0.0929. The smallest absolute Gasteiger partial charge is 0.430 e. The monoisotopic (exact) mass is 396 g/mol. The Morgan fingerprint density at radius 2 is 1.10 bits per heavy atom. The molecule has 152 valence electrons. The van der Waals surface area contributed by atoms with Crippen molar-refractivity contribution < 1.29 is 28.5 Å². The Hall–Kier alpha value is -3.54. The Labute approximate surface area is 170 Å². The lowest BCUT2D eigenvalue weighted by Crippen LogP contribution is -2.19. The van der Waals surface area contributed by atoms with Crippen LogP contribution < -0.4 is 9.47 Å². The van der Waals surface area contributed by atoms with Crippen LogP contribution in [-0.2, 0) is 14.9 Å². The van der Waals surface area contributed by atoms with E-state index in [0.29, 0.717) is 11.5 Å². The van der Waals surface area contributed by atoms with E-state index in [4.69, 9.17) is 18.9 Å². The second-order valence-electron chi connectivity index (χ2n) is 6.58. The lowest BCUT2D eigenvalue weighted by atomic mass is 9.78. The maximum atomic E-state index is 11.5. The molecule has 0 bridgehead atoms. The highest BCUT2D eigenvalue weighted by atomic mass is 16.7. The fourth-order valence-electron chi connectivity index (χ4n) is 2.55. The minimum atomic E-state index is -0.779. The van der Waals surface area contributed by atoms with Crippen LogP contribution in [0.3, 0.4) is 0 Å². The van der Waals surface area contributed by atoms with Gasteiger partial charge >= 0.3 is 12.3 Å². The highest BCUT2D eigenvalue weighted by molar-refractivity contribution is 5.64. The zero-order valence-corrected chi connectivity index (χ0v) is 16.6. The lowest BCUT2D eigenvalue weighted by molar-refractivity contribution is 0.108. The highest BCUT2D eigenvalue weighted by Crippen LogP contribution is 2.33. The van der Waals surface area contributed by atoms with Gasteiger partial charge in [0.1, 0.15) is 24.7 Å². The standard InChI is InChI=1S/C23H24O6/c1-5-15-26-21(24)28-19-11-7-17(8-12-19)23(3,4)18-9-13-20(14-10-18)29-22(25)27-16-6-2/h5-14H,1-2,15-16H2,3-4H3. The molecule has 2 rings (SSSR count). The summed E-state index contributed by atoms with van der Waals surface area (Å²) in [5.41, 5.74) is 1.70. The van der Waals surface area contributed by atoms with Gasteiger partial charge in [0.25, 0.3) is 0 Å². The maximum absolute atomic E-state index is 11.5. The molecule has 2 aromatic carbocycles. The summed E-state index contributed by atoms with van der Waals surface area (Å²) in [6, 6.07) is 14.4. The Bertz CT molecular complexity index is 778. The number of hydrogen-bond donors (Lipinski definition) is 0. The van der Waals surface area contributed by atoms with Crippen LogP contribution in [0.15, 0.2) is 73.8 Å². The van der Waals surface area contributed by atoms with Crippen molar-refractivity contribution in [2.75, 3.05) is 13.2 Å². The summed E-state index contributed by atoms with van der Waals surface area (Å²) in [6.07, 6.45) is 1.37. The predicted molar refractivity (Wildman–Crippen MR) is 109 cm³/mol. The largest absolute Gasteiger partial charge is 0.514 e. The summed E-state index contributed by atoms with van der Waals surface area (Å²) < 4.78 is 19.8. The zero-order chi connectivity index (χ0) is 21.3. The third kappa shape index (κ3) is 6.24. The summed E-state index contributed by atoms with van der Waals surface area (Å²) in [4.78, 5) is 23.0. The molecule has 0 radical (unpaired) electrons. The second kappa shape index (κ2) is 10.1. The van der Waals surface area contributed by atoms with Gasteiger partial charge in [-0.15, -0.1) is 0 Å². The molecule has 6 nitrogen and oxygen atoms in total. The van der Waals surface area contributed by atoms with E-state index in [1.807, 2.05) is 24.3 Å². The average Bonchev–Trinajstić information content (AvgIpc) is 2.71. The van der Waals surface area contributed by atoms with E-state index >= 15 is 0 Å². The molecule has 0 atom stereocenters. The van der Waals surface area contributed by atoms with E-state index in [0.717, 1.165) is 11.1 Å². The van der Waals surface area contributed by atoms with E-state index in [2.05, 4.69) is 27.0 Å². The third-order valence-electron chi connectivity index (χ3n) is 4.19. The molecule has 0 spiro atoms. The molecule has 0 saturated carbocycles. The van der Waals surface area contributed by atoms with Crippen molar-refractivity contribution in [3.63, 3.8) is 0 Å². The second-order valence-corrected chi connectivity index (χ2v) is 6.58. The van der Waals surface area contributed by atoms with Gasteiger partial charge in [0.15, 0.2) is 0 Å². The van der Waals surface area contributed by atoms with Gasteiger partial charge in [0, 0.05) is 5.41 Å². The molecule has 0 aliphatic carbocycles. The van der Waals surface area contributed by atoms with Gasteiger partial charge in [-0.1, -0.05) is 63.4 Å². The van der Waals surface area contributed by atoms with Gasteiger partial charge in [-0.25, -0.2) is 9.59 Å². The Morgan fingerprint density at radius 3 is 1.41 bits per heavy atom. The van der Waals surface area contributed by atoms with Crippen molar-refractivity contribution in [1.29, 1.82) is 0 Å². The Kier molecular flexibility index (Phi) is 7.60. The zero-order valence-electron chi connectivity index (χ0n) is 16.6. The molecular weight excluding hydrogens is 372 g/mol. The van der Waals surface area contributed by atoms with Gasteiger partial charge in [0.2, 0.25) is 0 Å². The quantitative estimate of drug-likeness (QED) is 0.337. The predicted octanol–water partition coefficient (Wildman–Crippen LogP) is 5.42. The molecule has 0 saturated heterocycles. The summed E-state index contributed by atoms with van der Waals surface area (Å²) >= 11 is 0. The minimum Gasteiger partial charge on any atom is -0.430 e. The fraction of sp³-hybridized carbons (Fsp3) is 0.217. The highest BCUT2D eigenvalue weighted by Gasteiger charge is 2.23. The Balaban J connectivity index is 2.05. The maximum Gasteiger partial charge on any atom is 0.514 e. The first-order valence-electron chi connectivity index (χ1n) is 8.99. The first-order chi connectivity index (χ1) is 13.9. The van der Waals surface area contributed by atoms with Gasteiger partial charge in [-0.2, -0.15) is 0 Å². The van der Waals surface area contributed by atoms with E-state index in [1.165, 1.54) is 12.2 Å². The molecule has 0 fully saturated rings. The molecule has 0 aliphatic rings. The van der Waals surface area contributed by atoms with Gasteiger partial charge < -0.3 is 18.9 Å². The van der Waals surface area contributed by atoms with Crippen LogP contribution in [0.4, 0.5) is 9.59 Å². The molecule has 2 aromatic rings. The van der Waals surface area contributed by atoms with Crippen LogP contribution in [0.25, 0.3) is 0 Å². The van der Waals surface area contributed by atoms with Crippen LogP contribution in [0.1, 0.15) is 25.0 Å². The SMILES string of the molecule is C=CCOC(=O)Oc1ccc(C(C)(C)c2ccc(OC(=O)OCC=C)cc2)cc1. The third-order valence-corrected chi connectivity index (χ3v) is 4.19. The molecule has 0 N–H and O–H groups in total. The van der Waals surface area contributed by atoms with Crippen LogP contribution in [0.2, 0.25) is 0 Å². The molecule has 29 heavy (non-hydrogen) atoms. The van der Waals surface area contributed by atoms with E-state index in [9.17, 15) is 9.59 Å². The van der Waals surface area contributed by atoms with Crippen molar-refractivity contribution in [3.8, 4) is 11.5 Å². The molecule has 0 heterocycles. The summed E-state index contributed by atoms with van der Waals surface area (Å²) in [5.74, 6) is 0.779. The number of hydrogen-bond acceptors (Lipinski definition) is 6. The van der Waals surface area contributed by atoms with Crippen molar-refractivity contribution >= 4 is 12.3 Å². The van der Waals surface area contributed by atoms with E-state index in [1.54, 1.807) is 24.3 Å². The van der Waals surface area contributed by atoms with Crippen molar-refractivity contribution in [2.24, 2.45) is 0 Å². The van der Waals surface area contributed by atoms with E-state index in [-0.39, 0.29) is 18.6 Å². The van der Waals surface area contributed by atoms with Crippen LogP contribution >= 0.6 is 0 Å². The molecule has 6 heteroatoms. The van der Waals surface area contributed by atoms with Crippen LogP contribution in [0, 0.1) is 0 Å². The topological polar surface area (TPSA) is 71.1 Å². The normalized spacial score (nSPS) is 10.6. The van der Waals surface area contributed by atoms with E-state index < -0.39 is 12.3 Å². The summed E-state index contributed by atoms with van der Waals surface area (Å²) in [5, 5.41) is 0. The molecule has 0 amide bonds. The number of carbonyl (C=O) groups is 2. The Morgan fingerprint density at radius 1 is 0.759 bits per heavy atom. The summed E-state index contributed by atoms with van der Waals surface area (Å²) in [6.45, 7) is 11.3. The first-order valence-corrected chi connectivity index (χ1v) is 8.99. The fourth-order valence-corrected chi connectivity index (χ4v) is 2.55. The number of ether oxygens (including phenoxy) is 4. The van der Waals surface area contributed by atoms with Crippen LogP contribution in [-0.4, -0.2) is 25.5 Å². The number of rotatable bonds is 8. The van der Waals surface area contributed by atoms with Crippen molar-refractivity contribution in [2.45, 2.75) is 19.3 Å². The molecule has 0 unspecified atom stereocenters.